The first kappa shape index (κ1) is 28.8. The number of carbonyl (C=O) groups excluding carboxylic acids is 1. The molecule has 208 valence electrons. The molecule has 1 heterocycles. The highest BCUT2D eigenvalue weighted by molar-refractivity contribution is 9.11. The maximum absolute atomic E-state index is 13.5. The molecule has 0 saturated heterocycles. The molecule has 0 amide bonds. The molecule has 5 rings (SSSR count). The Bertz CT molecular complexity index is 1950. The number of hydrogen-bond donors (Lipinski definition) is 0. The van der Waals surface area contributed by atoms with Crippen LogP contribution >= 0.6 is 31.9 Å². The lowest BCUT2D eigenvalue weighted by Gasteiger charge is -2.11. The summed E-state index contributed by atoms with van der Waals surface area (Å²) in [5, 5.41) is 15.8. The highest BCUT2D eigenvalue weighted by Gasteiger charge is 2.15. The van der Waals surface area contributed by atoms with Crippen LogP contribution in [-0.2, 0) is 4.79 Å². The lowest BCUT2D eigenvalue weighted by molar-refractivity contribution is -0.384. The van der Waals surface area contributed by atoms with E-state index < -0.39 is 10.9 Å². The fraction of sp³-hybridized carbons (Fsp3) is 0.0323. The molecule has 0 aliphatic rings. The number of nitrogens with zero attached hydrogens (tertiary/aromatic N) is 4. The van der Waals surface area contributed by atoms with Crippen molar-refractivity contribution in [2.75, 3.05) is 0 Å². The first-order valence-electron chi connectivity index (χ1n) is 12.5. The van der Waals surface area contributed by atoms with Gasteiger partial charge in [0.05, 0.1) is 26.5 Å². The first-order chi connectivity index (χ1) is 20.2. The van der Waals surface area contributed by atoms with Crippen molar-refractivity contribution in [3.63, 3.8) is 0 Å². The molecule has 11 heteroatoms. The molecule has 42 heavy (non-hydrogen) atoms. The standard InChI is InChI=1S/C31H20Br2N4O5/c1-19-6-11-21(12-7-19)30-35-27-5-3-2-4-25(27)31(39)36(30)34-18-22-16-23(32)17-26(33)29(22)42-28(38)15-10-20-8-13-24(14-9-20)37(40)41/h2-18H,1H3/b15-10+,34-18?. The molecule has 4 aromatic carbocycles. The quantitative estimate of drug-likeness (QED) is 0.0443. The van der Waals surface area contributed by atoms with E-state index in [1.54, 1.807) is 30.3 Å². The van der Waals surface area contributed by atoms with Crippen LogP contribution in [0, 0.1) is 17.0 Å². The zero-order valence-electron chi connectivity index (χ0n) is 21.9. The highest BCUT2D eigenvalue weighted by atomic mass is 79.9. The van der Waals surface area contributed by atoms with Crippen LogP contribution < -0.4 is 10.3 Å². The summed E-state index contributed by atoms with van der Waals surface area (Å²) in [6.45, 7) is 1.97. The monoisotopic (exact) mass is 686 g/mol. The number of non-ortho nitro benzene ring substituents is 1. The average molecular weight is 688 g/mol. The normalized spacial score (nSPS) is 11.4. The minimum atomic E-state index is -0.684. The molecule has 1 aromatic heterocycles. The zero-order chi connectivity index (χ0) is 29.8. The number of esters is 1. The molecule has 0 fully saturated rings. The maximum atomic E-state index is 13.5. The van der Waals surface area contributed by atoms with Gasteiger partial charge in [-0.25, -0.2) is 9.78 Å². The van der Waals surface area contributed by atoms with Crippen molar-refractivity contribution in [2.24, 2.45) is 5.10 Å². The summed E-state index contributed by atoms with van der Waals surface area (Å²) in [5.41, 5.74) is 2.90. The summed E-state index contributed by atoms with van der Waals surface area (Å²) in [4.78, 5) is 41.4. The van der Waals surface area contributed by atoms with Crippen LogP contribution in [0.1, 0.15) is 16.7 Å². The minimum absolute atomic E-state index is 0.0521. The van der Waals surface area contributed by atoms with Gasteiger partial charge in [0, 0.05) is 33.8 Å². The minimum Gasteiger partial charge on any atom is -0.421 e. The van der Waals surface area contributed by atoms with Gasteiger partial charge in [-0.3, -0.25) is 14.9 Å². The van der Waals surface area contributed by atoms with Crippen molar-refractivity contribution in [3.8, 4) is 17.1 Å². The van der Waals surface area contributed by atoms with Crippen molar-refractivity contribution in [2.45, 2.75) is 6.92 Å². The van der Waals surface area contributed by atoms with Crippen LogP contribution in [0.5, 0.6) is 5.75 Å². The van der Waals surface area contributed by atoms with Crippen LogP contribution in [-0.4, -0.2) is 26.8 Å². The number of rotatable bonds is 7. The second kappa shape index (κ2) is 12.4. The van der Waals surface area contributed by atoms with Gasteiger partial charge in [0.25, 0.3) is 11.2 Å². The molecule has 0 unspecified atom stereocenters. The number of fused-ring (bicyclic) bond motifs is 1. The topological polar surface area (TPSA) is 117 Å². The molecule has 0 bridgehead atoms. The fourth-order valence-corrected chi connectivity index (χ4v) is 5.37. The number of para-hydroxylation sites is 1. The van der Waals surface area contributed by atoms with E-state index in [1.807, 2.05) is 37.3 Å². The number of nitro benzene ring substituents is 1. The summed E-state index contributed by atoms with van der Waals surface area (Å²) >= 11 is 6.88. The third kappa shape index (κ3) is 6.42. The SMILES string of the molecule is Cc1ccc(-c2nc3ccccc3c(=O)n2N=Cc2cc(Br)cc(Br)c2OC(=O)/C=C/c2ccc([N+](=O)[O-])cc2)cc1. The third-order valence-corrected chi connectivity index (χ3v) is 7.18. The zero-order valence-corrected chi connectivity index (χ0v) is 25.1. The molecule has 0 saturated carbocycles. The summed E-state index contributed by atoms with van der Waals surface area (Å²) in [6.07, 6.45) is 4.12. The number of nitro groups is 1. The van der Waals surface area contributed by atoms with Crippen molar-refractivity contribution >= 4 is 66.7 Å². The van der Waals surface area contributed by atoms with Crippen LogP contribution in [0.2, 0.25) is 0 Å². The van der Waals surface area contributed by atoms with E-state index in [0.29, 0.717) is 42.4 Å². The van der Waals surface area contributed by atoms with Gasteiger partial charge in [-0.1, -0.05) is 57.9 Å². The predicted molar refractivity (Wildman–Crippen MR) is 169 cm³/mol. The van der Waals surface area contributed by atoms with E-state index >= 15 is 0 Å². The van der Waals surface area contributed by atoms with E-state index in [1.165, 1.54) is 47.3 Å². The van der Waals surface area contributed by atoms with Crippen LogP contribution in [0.3, 0.4) is 0 Å². The highest BCUT2D eigenvalue weighted by Crippen LogP contribution is 2.32. The number of carbonyl (C=O) groups is 1. The molecule has 0 atom stereocenters. The van der Waals surface area contributed by atoms with Gasteiger partial charge < -0.3 is 4.74 Å². The number of aryl methyl sites for hydroxylation is 1. The predicted octanol–water partition coefficient (Wildman–Crippen LogP) is 7.31. The Balaban J connectivity index is 1.51. The van der Waals surface area contributed by atoms with Crippen LogP contribution in [0.25, 0.3) is 28.4 Å². The molecule has 0 aliphatic heterocycles. The summed E-state index contributed by atoms with van der Waals surface area (Å²) < 4.78 is 8.01. The van der Waals surface area contributed by atoms with Crippen LogP contribution in [0.15, 0.2) is 110 Å². The Hall–Kier alpha value is -4.74. The maximum Gasteiger partial charge on any atom is 0.336 e. The molecule has 0 radical (unpaired) electrons. The largest absolute Gasteiger partial charge is 0.421 e. The Kier molecular flexibility index (Phi) is 8.51. The van der Waals surface area contributed by atoms with E-state index in [9.17, 15) is 19.7 Å². The number of hydrogen-bond acceptors (Lipinski definition) is 7. The number of ether oxygens (including phenoxy) is 1. The molecular weight excluding hydrogens is 668 g/mol. The number of halogens is 2. The van der Waals surface area contributed by atoms with Gasteiger partial charge in [-0.05, 0) is 70.9 Å². The Morgan fingerprint density at radius 2 is 1.74 bits per heavy atom. The van der Waals surface area contributed by atoms with Gasteiger partial charge in [-0.15, -0.1) is 0 Å². The van der Waals surface area contributed by atoms with Gasteiger partial charge >= 0.3 is 5.97 Å². The molecule has 9 nitrogen and oxygen atoms in total. The van der Waals surface area contributed by atoms with Crippen molar-refractivity contribution < 1.29 is 14.5 Å². The lowest BCUT2D eigenvalue weighted by Crippen LogP contribution is -2.20. The number of benzene rings is 4. The summed E-state index contributed by atoms with van der Waals surface area (Å²) in [7, 11) is 0. The van der Waals surface area contributed by atoms with Crippen molar-refractivity contribution in [1.29, 1.82) is 0 Å². The van der Waals surface area contributed by atoms with Crippen molar-refractivity contribution in [3.05, 3.63) is 137 Å². The molecular formula is C31H20Br2N4O5. The van der Waals surface area contributed by atoms with Gasteiger partial charge in [0.1, 0.15) is 0 Å². The number of aromatic nitrogens is 2. The summed E-state index contributed by atoms with van der Waals surface area (Å²) in [6, 6.07) is 23.8. The Labute approximate surface area is 256 Å². The van der Waals surface area contributed by atoms with Gasteiger partial charge in [-0.2, -0.15) is 9.78 Å². The molecule has 0 spiro atoms. The second-order valence-electron chi connectivity index (χ2n) is 9.09. The van der Waals surface area contributed by atoms with E-state index in [-0.39, 0.29) is 17.0 Å². The Morgan fingerprint density at radius 1 is 1.02 bits per heavy atom. The third-order valence-electron chi connectivity index (χ3n) is 6.13. The van der Waals surface area contributed by atoms with Crippen molar-refractivity contribution in [1.82, 2.24) is 9.66 Å². The van der Waals surface area contributed by atoms with Crippen LogP contribution in [0.4, 0.5) is 5.69 Å². The second-order valence-corrected chi connectivity index (χ2v) is 10.9. The van der Waals surface area contributed by atoms with E-state index in [0.717, 1.165) is 5.56 Å². The molecule has 5 aromatic rings. The molecule has 0 N–H and O–H groups in total. The van der Waals surface area contributed by atoms with E-state index in [4.69, 9.17) is 9.72 Å². The average Bonchev–Trinajstić information content (AvgIpc) is 2.97. The smallest absolute Gasteiger partial charge is 0.336 e. The van der Waals surface area contributed by atoms with Gasteiger partial charge in [0.2, 0.25) is 0 Å². The fourth-order valence-electron chi connectivity index (χ4n) is 4.03. The molecule has 0 aliphatic carbocycles. The first-order valence-corrected chi connectivity index (χ1v) is 14.0. The Morgan fingerprint density at radius 3 is 2.45 bits per heavy atom. The van der Waals surface area contributed by atoms with Gasteiger partial charge in [0.15, 0.2) is 11.6 Å². The van der Waals surface area contributed by atoms with E-state index in [2.05, 4.69) is 37.0 Å². The lowest BCUT2D eigenvalue weighted by atomic mass is 10.1. The summed E-state index contributed by atoms with van der Waals surface area (Å²) in [5.74, 6) is -0.150.